The van der Waals surface area contributed by atoms with Gasteiger partial charge >= 0.3 is 5.97 Å². The van der Waals surface area contributed by atoms with E-state index in [2.05, 4.69) is 9.80 Å². The number of ether oxygens (including phenoxy) is 1. The van der Waals surface area contributed by atoms with Crippen molar-refractivity contribution < 1.29 is 14.3 Å². The molecule has 0 bridgehead atoms. The van der Waals surface area contributed by atoms with Crippen LogP contribution in [0.3, 0.4) is 0 Å². The maximum atomic E-state index is 12.0. The number of hydrogen-bond donors (Lipinski definition) is 0. The first-order valence-electron chi connectivity index (χ1n) is 9.23. The molecule has 2 fully saturated rings. The summed E-state index contributed by atoms with van der Waals surface area (Å²) in [6.07, 6.45) is 4.66. The molecule has 1 aliphatic carbocycles. The van der Waals surface area contributed by atoms with Gasteiger partial charge in [-0.15, -0.1) is 0 Å². The molecule has 2 aliphatic rings. The second-order valence-corrected chi connectivity index (χ2v) is 7.31. The summed E-state index contributed by atoms with van der Waals surface area (Å²) < 4.78 is 4.73. The van der Waals surface area contributed by atoms with Crippen molar-refractivity contribution in [2.45, 2.75) is 45.2 Å². The standard InChI is InChI=1S/C20H28N2O3/c1-15(23)22(14-17-3-4-17)19-9-11-21(12-10-19)13-16-5-7-18(8-6-16)20(24)25-2/h5-8,17,19H,3-4,9-14H2,1-2H3. The number of hydrogen-bond acceptors (Lipinski definition) is 4. The van der Waals surface area contributed by atoms with Gasteiger partial charge in [-0.2, -0.15) is 0 Å². The zero-order valence-electron chi connectivity index (χ0n) is 15.2. The van der Waals surface area contributed by atoms with Gasteiger partial charge in [0.05, 0.1) is 12.7 Å². The Morgan fingerprint density at radius 1 is 1.12 bits per heavy atom. The minimum absolute atomic E-state index is 0.226. The molecule has 5 nitrogen and oxygen atoms in total. The highest BCUT2D eigenvalue weighted by Crippen LogP contribution is 2.31. The maximum Gasteiger partial charge on any atom is 0.337 e. The van der Waals surface area contributed by atoms with Gasteiger partial charge in [0, 0.05) is 39.1 Å². The molecule has 0 aromatic heterocycles. The largest absolute Gasteiger partial charge is 0.465 e. The van der Waals surface area contributed by atoms with Crippen LogP contribution < -0.4 is 0 Å². The average molecular weight is 344 g/mol. The maximum absolute atomic E-state index is 12.0. The number of amides is 1. The van der Waals surface area contributed by atoms with Crippen molar-refractivity contribution in [1.29, 1.82) is 0 Å². The predicted molar refractivity (Wildman–Crippen MR) is 96.2 cm³/mol. The molecule has 1 amide bonds. The van der Waals surface area contributed by atoms with Crippen LogP contribution in [0.15, 0.2) is 24.3 Å². The molecule has 1 aromatic carbocycles. The van der Waals surface area contributed by atoms with Crippen LogP contribution in [-0.4, -0.2) is 54.5 Å². The molecule has 0 unspecified atom stereocenters. The number of piperidine rings is 1. The van der Waals surface area contributed by atoms with Gasteiger partial charge in [-0.1, -0.05) is 12.1 Å². The molecule has 3 rings (SSSR count). The van der Waals surface area contributed by atoms with Crippen molar-refractivity contribution >= 4 is 11.9 Å². The van der Waals surface area contributed by atoms with Gasteiger partial charge in [0.25, 0.3) is 0 Å². The van der Waals surface area contributed by atoms with Crippen LogP contribution in [0.2, 0.25) is 0 Å². The highest BCUT2D eigenvalue weighted by Gasteiger charge is 2.31. The van der Waals surface area contributed by atoms with Crippen molar-refractivity contribution in [3.8, 4) is 0 Å². The molecule has 0 N–H and O–H groups in total. The van der Waals surface area contributed by atoms with Crippen LogP contribution in [0.5, 0.6) is 0 Å². The normalized spacial score (nSPS) is 18.8. The fourth-order valence-corrected chi connectivity index (χ4v) is 3.62. The summed E-state index contributed by atoms with van der Waals surface area (Å²) in [5, 5.41) is 0. The van der Waals surface area contributed by atoms with Crippen molar-refractivity contribution in [1.82, 2.24) is 9.80 Å². The summed E-state index contributed by atoms with van der Waals surface area (Å²) in [5.41, 5.74) is 1.79. The van der Waals surface area contributed by atoms with Crippen LogP contribution >= 0.6 is 0 Å². The van der Waals surface area contributed by atoms with Crippen LogP contribution in [0, 0.1) is 5.92 Å². The van der Waals surface area contributed by atoms with Gasteiger partial charge in [0.15, 0.2) is 0 Å². The van der Waals surface area contributed by atoms with Crippen molar-refractivity contribution in [3.05, 3.63) is 35.4 Å². The Labute approximate surface area is 149 Å². The molecular formula is C20H28N2O3. The second-order valence-electron chi connectivity index (χ2n) is 7.31. The second kappa shape index (κ2) is 8.00. The number of carbonyl (C=O) groups is 2. The highest BCUT2D eigenvalue weighted by atomic mass is 16.5. The summed E-state index contributed by atoms with van der Waals surface area (Å²) in [6, 6.07) is 8.03. The number of methoxy groups -OCH3 is 1. The topological polar surface area (TPSA) is 49.9 Å². The molecule has 25 heavy (non-hydrogen) atoms. The van der Waals surface area contributed by atoms with E-state index >= 15 is 0 Å². The zero-order chi connectivity index (χ0) is 17.8. The van der Waals surface area contributed by atoms with E-state index < -0.39 is 0 Å². The Morgan fingerprint density at radius 2 is 1.76 bits per heavy atom. The lowest BCUT2D eigenvalue weighted by atomic mass is 10.0. The monoisotopic (exact) mass is 344 g/mol. The summed E-state index contributed by atoms with van der Waals surface area (Å²) in [4.78, 5) is 28.0. The van der Waals surface area contributed by atoms with Gasteiger partial charge in [0.2, 0.25) is 5.91 Å². The van der Waals surface area contributed by atoms with Crippen molar-refractivity contribution in [2.75, 3.05) is 26.7 Å². The summed E-state index contributed by atoms with van der Waals surface area (Å²) in [7, 11) is 1.40. The number of carbonyl (C=O) groups excluding carboxylic acids is 2. The lowest BCUT2D eigenvalue weighted by Gasteiger charge is -2.38. The van der Waals surface area contributed by atoms with Crippen molar-refractivity contribution in [2.24, 2.45) is 5.92 Å². The SMILES string of the molecule is COC(=O)c1ccc(CN2CCC(N(CC3CC3)C(C)=O)CC2)cc1. The Kier molecular flexibility index (Phi) is 5.74. The minimum atomic E-state index is -0.299. The van der Waals surface area contributed by atoms with Crippen LogP contribution in [0.4, 0.5) is 0 Å². The number of benzene rings is 1. The van der Waals surface area contributed by atoms with Crippen LogP contribution in [0.25, 0.3) is 0 Å². The predicted octanol–water partition coefficient (Wildman–Crippen LogP) is 2.70. The summed E-state index contributed by atoms with van der Waals surface area (Å²) in [6.45, 7) is 5.57. The molecule has 136 valence electrons. The number of rotatable bonds is 6. The van der Waals surface area contributed by atoms with E-state index in [4.69, 9.17) is 4.74 Å². The van der Waals surface area contributed by atoms with E-state index in [9.17, 15) is 9.59 Å². The van der Waals surface area contributed by atoms with Gasteiger partial charge in [-0.25, -0.2) is 4.79 Å². The molecule has 1 saturated carbocycles. The van der Waals surface area contributed by atoms with E-state index in [-0.39, 0.29) is 11.9 Å². The average Bonchev–Trinajstić information content (AvgIpc) is 3.44. The number of nitrogens with zero attached hydrogens (tertiary/aromatic N) is 2. The number of likely N-dealkylation sites (tertiary alicyclic amines) is 1. The summed E-state index contributed by atoms with van der Waals surface area (Å²) in [5.74, 6) is 0.673. The smallest absolute Gasteiger partial charge is 0.337 e. The summed E-state index contributed by atoms with van der Waals surface area (Å²) >= 11 is 0. The van der Waals surface area contributed by atoms with Gasteiger partial charge in [-0.3, -0.25) is 9.69 Å². The Balaban J connectivity index is 1.50. The van der Waals surface area contributed by atoms with E-state index in [0.29, 0.717) is 11.6 Å². The molecule has 1 aromatic rings. The van der Waals surface area contributed by atoms with E-state index in [1.54, 1.807) is 6.92 Å². The van der Waals surface area contributed by atoms with E-state index in [1.807, 2.05) is 24.3 Å². The molecule has 1 aliphatic heterocycles. The molecule has 1 saturated heterocycles. The third kappa shape index (κ3) is 4.82. The molecular weight excluding hydrogens is 316 g/mol. The first kappa shape index (κ1) is 17.9. The zero-order valence-corrected chi connectivity index (χ0v) is 15.2. The van der Waals surface area contributed by atoms with Gasteiger partial charge in [0.1, 0.15) is 0 Å². The molecule has 0 atom stereocenters. The molecule has 1 heterocycles. The van der Waals surface area contributed by atoms with Gasteiger partial charge in [-0.05, 0) is 49.3 Å². The molecule has 0 radical (unpaired) electrons. The van der Waals surface area contributed by atoms with E-state index in [1.165, 1.54) is 25.5 Å². The van der Waals surface area contributed by atoms with Crippen LogP contribution in [-0.2, 0) is 16.1 Å². The van der Waals surface area contributed by atoms with Crippen molar-refractivity contribution in [3.63, 3.8) is 0 Å². The lowest BCUT2D eigenvalue weighted by molar-refractivity contribution is -0.132. The third-order valence-corrected chi connectivity index (χ3v) is 5.34. The fourth-order valence-electron chi connectivity index (χ4n) is 3.62. The molecule has 0 spiro atoms. The first-order valence-corrected chi connectivity index (χ1v) is 9.23. The minimum Gasteiger partial charge on any atom is -0.465 e. The lowest BCUT2D eigenvalue weighted by Crippen LogP contribution is -2.47. The quantitative estimate of drug-likeness (QED) is 0.745. The number of esters is 1. The molecule has 5 heteroatoms. The Hall–Kier alpha value is -1.88. The highest BCUT2D eigenvalue weighted by molar-refractivity contribution is 5.89. The third-order valence-electron chi connectivity index (χ3n) is 5.34. The Bertz CT molecular complexity index is 602. The van der Waals surface area contributed by atoms with E-state index in [0.717, 1.165) is 44.9 Å². The Morgan fingerprint density at radius 3 is 2.28 bits per heavy atom. The fraction of sp³-hybridized carbons (Fsp3) is 0.600. The van der Waals surface area contributed by atoms with Crippen LogP contribution in [0.1, 0.15) is 48.5 Å². The first-order chi connectivity index (χ1) is 12.1. The van der Waals surface area contributed by atoms with Gasteiger partial charge < -0.3 is 9.64 Å².